The van der Waals surface area contributed by atoms with E-state index >= 15 is 0 Å². The minimum Gasteiger partial charge on any atom is -0.373 e. The third-order valence-electron chi connectivity index (χ3n) is 3.17. The highest BCUT2D eigenvalue weighted by Gasteiger charge is 2.09. The van der Waals surface area contributed by atoms with Crippen molar-refractivity contribution in [3.8, 4) is 11.4 Å². The third-order valence-corrected chi connectivity index (χ3v) is 3.17. The molecule has 3 rings (SSSR count). The van der Waals surface area contributed by atoms with Crippen molar-refractivity contribution in [2.75, 3.05) is 12.4 Å². The lowest BCUT2D eigenvalue weighted by molar-refractivity contribution is 0.628. The minimum absolute atomic E-state index is 0.291. The van der Waals surface area contributed by atoms with Crippen molar-refractivity contribution in [3.05, 3.63) is 53.8 Å². The average molecular weight is 267 g/mol. The van der Waals surface area contributed by atoms with Crippen molar-refractivity contribution >= 4 is 16.7 Å². The fraction of sp³-hybridized carbons (Fsp3) is 0.125. The molecule has 20 heavy (non-hydrogen) atoms. The van der Waals surface area contributed by atoms with Crippen LogP contribution in [0.15, 0.2) is 42.5 Å². The van der Waals surface area contributed by atoms with Crippen LogP contribution in [0.1, 0.15) is 5.56 Å². The van der Waals surface area contributed by atoms with Crippen LogP contribution in [0.5, 0.6) is 0 Å². The molecule has 0 bridgehead atoms. The number of hydrogen-bond acceptors (Lipinski definition) is 3. The molecule has 0 amide bonds. The van der Waals surface area contributed by atoms with Crippen molar-refractivity contribution in [3.63, 3.8) is 0 Å². The molecule has 4 heteroatoms. The van der Waals surface area contributed by atoms with Crippen LogP contribution in [-0.4, -0.2) is 17.0 Å². The minimum atomic E-state index is -0.291. The maximum absolute atomic E-state index is 13.3. The Hall–Kier alpha value is -2.49. The summed E-state index contributed by atoms with van der Waals surface area (Å²) in [6, 6.07) is 12.3. The molecule has 0 saturated heterocycles. The van der Waals surface area contributed by atoms with Gasteiger partial charge in [-0.05, 0) is 31.2 Å². The number of rotatable bonds is 2. The molecular formula is C16H14FN3. The summed E-state index contributed by atoms with van der Waals surface area (Å²) in [7, 11) is 1.82. The SMILES string of the molecule is CNc1nc(-c2cccc(F)c2)nc2ccc(C)cc12. The van der Waals surface area contributed by atoms with Crippen LogP contribution < -0.4 is 5.32 Å². The molecule has 0 aliphatic heterocycles. The van der Waals surface area contributed by atoms with E-state index in [4.69, 9.17) is 0 Å². The Labute approximate surface area is 116 Å². The van der Waals surface area contributed by atoms with E-state index in [2.05, 4.69) is 15.3 Å². The number of anilines is 1. The van der Waals surface area contributed by atoms with Gasteiger partial charge in [-0.3, -0.25) is 0 Å². The number of fused-ring (bicyclic) bond motifs is 1. The van der Waals surface area contributed by atoms with Crippen LogP contribution in [-0.2, 0) is 0 Å². The predicted octanol–water partition coefficient (Wildman–Crippen LogP) is 3.79. The van der Waals surface area contributed by atoms with E-state index in [1.54, 1.807) is 12.1 Å². The molecule has 0 aliphatic carbocycles. The van der Waals surface area contributed by atoms with Crippen LogP contribution >= 0.6 is 0 Å². The van der Waals surface area contributed by atoms with Gasteiger partial charge in [0.05, 0.1) is 5.52 Å². The first-order valence-corrected chi connectivity index (χ1v) is 6.39. The Morgan fingerprint density at radius 3 is 2.65 bits per heavy atom. The van der Waals surface area contributed by atoms with Crippen molar-refractivity contribution in [2.24, 2.45) is 0 Å². The Morgan fingerprint density at radius 2 is 1.90 bits per heavy atom. The number of nitrogens with zero attached hydrogens (tertiary/aromatic N) is 2. The monoisotopic (exact) mass is 267 g/mol. The van der Waals surface area contributed by atoms with Gasteiger partial charge in [-0.25, -0.2) is 14.4 Å². The summed E-state index contributed by atoms with van der Waals surface area (Å²) in [5.41, 5.74) is 2.66. The van der Waals surface area contributed by atoms with Gasteiger partial charge in [-0.1, -0.05) is 23.8 Å². The largest absolute Gasteiger partial charge is 0.373 e. The van der Waals surface area contributed by atoms with E-state index in [0.29, 0.717) is 11.4 Å². The molecule has 0 spiro atoms. The first-order chi connectivity index (χ1) is 9.67. The zero-order valence-corrected chi connectivity index (χ0v) is 11.3. The molecule has 1 heterocycles. The quantitative estimate of drug-likeness (QED) is 0.767. The Morgan fingerprint density at radius 1 is 1.05 bits per heavy atom. The molecule has 0 aliphatic rings. The Bertz CT molecular complexity index is 784. The lowest BCUT2D eigenvalue weighted by Crippen LogP contribution is -1.99. The normalized spacial score (nSPS) is 10.8. The van der Waals surface area contributed by atoms with Crippen LogP contribution in [0.2, 0.25) is 0 Å². The number of halogens is 1. The second kappa shape index (κ2) is 4.89. The van der Waals surface area contributed by atoms with Gasteiger partial charge in [0, 0.05) is 18.0 Å². The topological polar surface area (TPSA) is 37.8 Å². The number of aryl methyl sites for hydroxylation is 1. The van der Waals surface area contributed by atoms with Gasteiger partial charge >= 0.3 is 0 Å². The highest BCUT2D eigenvalue weighted by atomic mass is 19.1. The van der Waals surface area contributed by atoms with Crippen LogP contribution in [0.4, 0.5) is 10.2 Å². The summed E-state index contributed by atoms with van der Waals surface area (Å²) in [6.45, 7) is 2.03. The van der Waals surface area contributed by atoms with Crippen LogP contribution in [0.3, 0.4) is 0 Å². The molecule has 1 aromatic heterocycles. The van der Waals surface area contributed by atoms with E-state index in [0.717, 1.165) is 22.3 Å². The first kappa shape index (κ1) is 12.5. The summed E-state index contributed by atoms with van der Waals surface area (Å²) in [5.74, 6) is 0.976. The van der Waals surface area contributed by atoms with Gasteiger partial charge in [0.1, 0.15) is 11.6 Å². The smallest absolute Gasteiger partial charge is 0.162 e. The molecule has 0 atom stereocenters. The highest BCUT2D eigenvalue weighted by Crippen LogP contribution is 2.25. The summed E-state index contributed by atoms with van der Waals surface area (Å²) < 4.78 is 13.3. The highest BCUT2D eigenvalue weighted by molar-refractivity contribution is 5.91. The molecule has 2 aromatic carbocycles. The van der Waals surface area contributed by atoms with Gasteiger partial charge < -0.3 is 5.32 Å². The van der Waals surface area contributed by atoms with Gasteiger partial charge in [0.25, 0.3) is 0 Å². The maximum atomic E-state index is 13.3. The van der Waals surface area contributed by atoms with Gasteiger partial charge in [-0.2, -0.15) is 0 Å². The summed E-state index contributed by atoms with van der Waals surface area (Å²) in [4.78, 5) is 9.00. The van der Waals surface area contributed by atoms with Crippen LogP contribution in [0.25, 0.3) is 22.3 Å². The van der Waals surface area contributed by atoms with Gasteiger partial charge in [0.15, 0.2) is 5.82 Å². The second-order valence-corrected chi connectivity index (χ2v) is 4.68. The molecule has 0 fully saturated rings. The number of nitrogens with one attached hydrogen (secondary N) is 1. The van der Waals surface area contributed by atoms with Crippen molar-refractivity contribution < 1.29 is 4.39 Å². The molecule has 0 unspecified atom stereocenters. The second-order valence-electron chi connectivity index (χ2n) is 4.68. The number of hydrogen-bond donors (Lipinski definition) is 1. The Kier molecular flexibility index (Phi) is 3.06. The van der Waals surface area contributed by atoms with E-state index in [-0.39, 0.29) is 5.82 Å². The fourth-order valence-corrected chi connectivity index (χ4v) is 2.19. The summed E-state index contributed by atoms with van der Waals surface area (Å²) in [6.07, 6.45) is 0. The molecular weight excluding hydrogens is 253 g/mol. The average Bonchev–Trinajstić information content (AvgIpc) is 2.46. The third kappa shape index (κ3) is 2.20. The number of aromatic nitrogens is 2. The first-order valence-electron chi connectivity index (χ1n) is 6.39. The van der Waals surface area contributed by atoms with Gasteiger partial charge in [-0.15, -0.1) is 0 Å². The van der Waals surface area contributed by atoms with Crippen LogP contribution in [0, 0.1) is 12.7 Å². The maximum Gasteiger partial charge on any atom is 0.162 e. The zero-order valence-electron chi connectivity index (χ0n) is 11.3. The summed E-state index contributed by atoms with van der Waals surface area (Å²) in [5, 5.41) is 4.04. The van der Waals surface area contributed by atoms with E-state index < -0.39 is 0 Å². The predicted molar refractivity (Wildman–Crippen MR) is 79.2 cm³/mol. The number of benzene rings is 2. The van der Waals surface area contributed by atoms with E-state index in [1.807, 2.05) is 32.2 Å². The molecule has 0 radical (unpaired) electrons. The molecule has 100 valence electrons. The van der Waals surface area contributed by atoms with Crippen molar-refractivity contribution in [1.29, 1.82) is 0 Å². The van der Waals surface area contributed by atoms with Crippen molar-refractivity contribution in [1.82, 2.24) is 9.97 Å². The molecule has 0 saturated carbocycles. The fourth-order valence-electron chi connectivity index (χ4n) is 2.19. The zero-order chi connectivity index (χ0) is 14.1. The van der Waals surface area contributed by atoms with E-state index in [1.165, 1.54) is 12.1 Å². The molecule has 1 N–H and O–H groups in total. The molecule has 3 nitrogen and oxygen atoms in total. The standard InChI is InChI=1S/C16H14FN3/c1-10-6-7-14-13(8-10)16(18-2)20-15(19-14)11-4-3-5-12(17)9-11/h3-9H,1-2H3,(H,18,19,20). The van der Waals surface area contributed by atoms with E-state index in [9.17, 15) is 4.39 Å². The lowest BCUT2D eigenvalue weighted by Gasteiger charge is -2.09. The lowest BCUT2D eigenvalue weighted by atomic mass is 10.1. The Balaban J connectivity index is 2.25. The summed E-state index contributed by atoms with van der Waals surface area (Å²) >= 11 is 0. The van der Waals surface area contributed by atoms with Crippen molar-refractivity contribution in [2.45, 2.75) is 6.92 Å². The molecule has 3 aromatic rings. The van der Waals surface area contributed by atoms with Gasteiger partial charge in [0.2, 0.25) is 0 Å².